The lowest BCUT2D eigenvalue weighted by molar-refractivity contribution is 0.0599. The molecule has 3 nitrogen and oxygen atoms in total. The van der Waals surface area contributed by atoms with Gasteiger partial charge in [-0.2, -0.15) is 0 Å². The monoisotopic (exact) mass is 206 g/mol. The van der Waals surface area contributed by atoms with Crippen LogP contribution in [0.2, 0.25) is 0 Å². The van der Waals surface area contributed by atoms with Crippen LogP contribution in [0.5, 0.6) is 0 Å². The highest BCUT2D eigenvalue weighted by atomic mass is 16.5. The van der Waals surface area contributed by atoms with Crippen LogP contribution in [-0.2, 0) is 4.74 Å². The van der Waals surface area contributed by atoms with Gasteiger partial charge in [0.25, 0.3) is 0 Å². The predicted molar refractivity (Wildman–Crippen MR) is 57.3 cm³/mol. The molecule has 3 heteroatoms. The summed E-state index contributed by atoms with van der Waals surface area (Å²) in [7, 11) is 1.33. The number of rotatable bonds is 3. The Hall–Kier alpha value is -1.64. The second-order valence-electron chi connectivity index (χ2n) is 3.61. The van der Waals surface area contributed by atoms with Crippen LogP contribution in [0.4, 0.5) is 0 Å². The third-order valence-corrected chi connectivity index (χ3v) is 2.24. The van der Waals surface area contributed by atoms with Gasteiger partial charge in [0, 0.05) is 5.56 Å². The van der Waals surface area contributed by atoms with Gasteiger partial charge in [-0.05, 0) is 17.5 Å². The van der Waals surface area contributed by atoms with Gasteiger partial charge in [0.2, 0.25) is 0 Å². The SMILES string of the molecule is COC(=O)c1cc(C=O)ccc1C(C)C. The van der Waals surface area contributed by atoms with E-state index in [0.29, 0.717) is 11.1 Å². The Labute approximate surface area is 89.1 Å². The summed E-state index contributed by atoms with van der Waals surface area (Å²) in [6, 6.07) is 5.06. The van der Waals surface area contributed by atoms with Crippen molar-refractivity contribution in [3.63, 3.8) is 0 Å². The Morgan fingerprint density at radius 1 is 1.40 bits per heavy atom. The van der Waals surface area contributed by atoms with Crippen LogP contribution in [0.25, 0.3) is 0 Å². The second kappa shape index (κ2) is 4.73. The van der Waals surface area contributed by atoms with Crippen molar-refractivity contribution in [2.45, 2.75) is 19.8 Å². The fourth-order valence-electron chi connectivity index (χ4n) is 1.44. The Balaban J connectivity index is 3.28. The lowest BCUT2D eigenvalue weighted by Gasteiger charge is -2.11. The molecule has 0 bridgehead atoms. The normalized spacial score (nSPS) is 10.1. The summed E-state index contributed by atoms with van der Waals surface area (Å²) in [5, 5.41) is 0. The molecule has 0 heterocycles. The molecule has 0 amide bonds. The first kappa shape index (κ1) is 11.4. The minimum Gasteiger partial charge on any atom is -0.465 e. The fourth-order valence-corrected chi connectivity index (χ4v) is 1.44. The van der Waals surface area contributed by atoms with Crippen molar-refractivity contribution in [2.75, 3.05) is 7.11 Å². The number of carbonyl (C=O) groups is 2. The largest absolute Gasteiger partial charge is 0.465 e. The molecule has 0 N–H and O–H groups in total. The maximum Gasteiger partial charge on any atom is 0.338 e. The molecule has 0 atom stereocenters. The number of methoxy groups -OCH3 is 1. The number of hydrogen-bond donors (Lipinski definition) is 0. The van der Waals surface area contributed by atoms with E-state index in [1.165, 1.54) is 7.11 Å². The van der Waals surface area contributed by atoms with Crippen LogP contribution >= 0.6 is 0 Å². The minimum absolute atomic E-state index is 0.222. The van der Waals surface area contributed by atoms with Crippen molar-refractivity contribution < 1.29 is 14.3 Å². The molecule has 0 aromatic heterocycles. The van der Waals surface area contributed by atoms with E-state index >= 15 is 0 Å². The molecular weight excluding hydrogens is 192 g/mol. The molecule has 0 saturated heterocycles. The van der Waals surface area contributed by atoms with E-state index in [-0.39, 0.29) is 5.92 Å². The lowest BCUT2D eigenvalue weighted by atomic mass is 9.95. The number of esters is 1. The quantitative estimate of drug-likeness (QED) is 0.563. The third kappa shape index (κ3) is 2.43. The molecule has 0 saturated carbocycles. The zero-order chi connectivity index (χ0) is 11.4. The van der Waals surface area contributed by atoms with Gasteiger partial charge >= 0.3 is 5.97 Å². The van der Waals surface area contributed by atoms with Gasteiger partial charge in [-0.3, -0.25) is 4.79 Å². The van der Waals surface area contributed by atoms with Crippen LogP contribution in [0.1, 0.15) is 46.0 Å². The summed E-state index contributed by atoms with van der Waals surface area (Å²) < 4.78 is 4.67. The van der Waals surface area contributed by atoms with E-state index in [9.17, 15) is 9.59 Å². The van der Waals surface area contributed by atoms with Gasteiger partial charge in [-0.1, -0.05) is 26.0 Å². The smallest absolute Gasteiger partial charge is 0.338 e. The molecule has 0 aliphatic carbocycles. The highest BCUT2D eigenvalue weighted by molar-refractivity contribution is 5.93. The van der Waals surface area contributed by atoms with Gasteiger partial charge < -0.3 is 4.74 Å². The van der Waals surface area contributed by atoms with Crippen molar-refractivity contribution in [1.29, 1.82) is 0 Å². The van der Waals surface area contributed by atoms with Crippen LogP contribution in [0.3, 0.4) is 0 Å². The maximum absolute atomic E-state index is 11.5. The number of carbonyl (C=O) groups excluding carboxylic acids is 2. The van der Waals surface area contributed by atoms with Crippen molar-refractivity contribution in [3.05, 3.63) is 34.9 Å². The van der Waals surface area contributed by atoms with Gasteiger partial charge in [0.05, 0.1) is 12.7 Å². The first-order valence-electron chi connectivity index (χ1n) is 4.77. The summed E-state index contributed by atoms with van der Waals surface area (Å²) in [6.45, 7) is 3.98. The molecule has 0 radical (unpaired) electrons. The maximum atomic E-state index is 11.5. The molecular formula is C12H14O3. The molecule has 80 valence electrons. The summed E-state index contributed by atoms with van der Waals surface area (Å²) >= 11 is 0. The van der Waals surface area contributed by atoms with E-state index in [1.54, 1.807) is 18.2 Å². The van der Waals surface area contributed by atoms with Gasteiger partial charge in [-0.25, -0.2) is 4.79 Å². The number of ether oxygens (including phenoxy) is 1. The number of hydrogen-bond acceptors (Lipinski definition) is 3. The lowest BCUT2D eigenvalue weighted by Crippen LogP contribution is -2.07. The Bertz CT molecular complexity index is 380. The molecule has 0 spiro atoms. The van der Waals surface area contributed by atoms with E-state index < -0.39 is 5.97 Å². The number of aldehydes is 1. The zero-order valence-electron chi connectivity index (χ0n) is 9.11. The van der Waals surface area contributed by atoms with Crippen LogP contribution in [-0.4, -0.2) is 19.4 Å². The van der Waals surface area contributed by atoms with Crippen LogP contribution in [0.15, 0.2) is 18.2 Å². The van der Waals surface area contributed by atoms with Gasteiger partial charge in [-0.15, -0.1) is 0 Å². The summed E-state index contributed by atoms with van der Waals surface area (Å²) in [5.74, 6) is -0.179. The van der Waals surface area contributed by atoms with Crippen LogP contribution < -0.4 is 0 Å². The second-order valence-corrected chi connectivity index (χ2v) is 3.61. The highest BCUT2D eigenvalue weighted by Crippen LogP contribution is 2.21. The number of benzene rings is 1. The topological polar surface area (TPSA) is 43.4 Å². The van der Waals surface area contributed by atoms with E-state index in [2.05, 4.69) is 4.74 Å². The third-order valence-electron chi connectivity index (χ3n) is 2.24. The first-order chi connectivity index (χ1) is 7.10. The van der Waals surface area contributed by atoms with Crippen molar-refractivity contribution in [3.8, 4) is 0 Å². The average molecular weight is 206 g/mol. The van der Waals surface area contributed by atoms with Crippen molar-refractivity contribution in [1.82, 2.24) is 0 Å². The summed E-state index contributed by atoms with van der Waals surface area (Å²) in [6.07, 6.45) is 0.719. The molecule has 0 fully saturated rings. The summed E-state index contributed by atoms with van der Waals surface area (Å²) in [5.41, 5.74) is 1.85. The van der Waals surface area contributed by atoms with E-state index in [4.69, 9.17) is 0 Å². The summed E-state index contributed by atoms with van der Waals surface area (Å²) in [4.78, 5) is 22.1. The molecule has 1 aromatic carbocycles. The Morgan fingerprint density at radius 2 is 2.07 bits per heavy atom. The van der Waals surface area contributed by atoms with Crippen molar-refractivity contribution in [2.24, 2.45) is 0 Å². The molecule has 0 unspecified atom stereocenters. The van der Waals surface area contributed by atoms with Crippen molar-refractivity contribution >= 4 is 12.3 Å². The minimum atomic E-state index is -0.401. The standard InChI is InChI=1S/C12H14O3/c1-8(2)10-5-4-9(7-13)6-11(10)12(14)15-3/h4-8H,1-3H3. The van der Waals surface area contributed by atoms with Gasteiger partial charge in [0.1, 0.15) is 6.29 Å². The zero-order valence-corrected chi connectivity index (χ0v) is 9.11. The highest BCUT2D eigenvalue weighted by Gasteiger charge is 2.14. The average Bonchev–Trinajstić information content (AvgIpc) is 2.26. The molecule has 0 aliphatic heterocycles. The molecule has 15 heavy (non-hydrogen) atoms. The molecule has 0 aliphatic rings. The predicted octanol–water partition coefficient (Wildman–Crippen LogP) is 2.41. The van der Waals surface area contributed by atoms with E-state index in [1.807, 2.05) is 13.8 Å². The Kier molecular flexibility index (Phi) is 3.61. The first-order valence-corrected chi connectivity index (χ1v) is 4.77. The fraction of sp³-hybridized carbons (Fsp3) is 0.333. The van der Waals surface area contributed by atoms with Gasteiger partial charge in [0.15, 0.2) is 0 Å². The van der Waals surface area contributed by atoms with E-state index in [0.717, 1.165) is 11.8 Å². The molecule has 1 rings (SSSR count). The van der Waals surface area contributed by atoms with Crippen LogP contribution in [0, 0.1) is 0 Å². The molecule has 1 aromatic rings. The Morgan fingerprint density at radius 3 is 2.53 bits per heavy atom.